The molecule has 1 heterocycles. The molecule has 19 heavy (non-hydrogen) atoms. The van der Waals surface area contributed by atoms with Crippen LogP contribution in [-0.2, 0) is 4.74 Å². The van der Waals surface area contributed by atoms with Crippen molar-refractivity contribution in [2.45, 2.75) is 12.8 Å². The Balaban J connectivity index is 2.01. The summed E-state index contributed by atoms with van der Waals surface area (Å²) in [6.07, 6.45) is 2.05. The molecule has 0 radical (unpaired) electrons. The lowest BCUT2D eigenvalue weighted by Crippen LogP contribution is -2.34. The van der Waals surface area contributed by atoms with Crippen molar-refractivity contribution in [1.82, 2.24) is 4.90 Å². The highest BCUT2D eigenvalue weighted by molar-refractivity contribution is 9.10. The fourth-order valence-corrected chi connectivity index (χ4v) is 3.16. The number of ether oxygens (including phenoxy) is 1. The third-order valence-electron chi connectivity index (χ3n) is 3.33. The predicted molar refractivity (Wildman–Crippen MR) is 79.7 cm³/mol. The number of halogens is 2. The highest BCUT2D eigenvalue weighted by Gasteiger charge is 2.19. The van der Waals surface area contributed by atoms with Crippen molar-refractivity contribution < 1.29 is 9.53 Å². The maximum absolute atomic E-state index is 12.3. The Labute approximate surface area is 127 Å². The van der Waals surface area contributed by atoms with Gasteiger partial charge in [0.15, 0.2) is 0 Å². The molecule has 1 aliphatic rings. The van der Waals surface area contributed by atoms with Crippen LogP contribution in [0, 0.1) is 5.92 Å². The Bertz CT molecular complexity index is 441. The summed E-state index contributed by atoms with van der Waals surface area (Å²) in [7, 11) is 1.84. The van der Waals surface area contributed by atoms with Crippen molar-refractivity contribution in [3.8, 4) is 0 Å². The van der Waals surface area contributed by atoms with Crippen molar-refractivity contribution in [3.63, 3.8) is 0 Å². The fraction of sp³-hybridized carbons (Fsp3) is 0.500. The summed E-state index contributed by atoms with van der Waals surface area (Å²) in [5.41, 5.74) is 0.619. The molecule has 3 nitrogen and oxygen atoms in total. The topological polar surface area (TPSA) is 29.5 Å². The molecule has 1 fully saturated rings. The molecule has 2 rings (SSSR count). The van der Waals surface area contributed by atoms with Gasteiger partial charge in [0.1, 0.15) is 0 Å². The molecule has 0 unspecified atom stereocenters. The summed E-state index contributed by atoms with van der Waals surface area (Å²) in [6, 6.07) is 5.28. The zero-order chi connectivity index (χ0) is 13.8. The molecular weight excluding hydrogens is 330 g/mol. The van der Waals surface area contributed by atoms with Crippen LogP contribution in [-0.4, -0.2) is 37.6 Å². The molecule has 1 aliphatic heterocycles. The Kier molecular flexibility index (Phi) is 5.25. The second kappa shape index (κ2) is 6.73. The first-order chi connectivity index (χ1) is 9.06. The molecule has 0 spiro atoms. The largest absolute Gasteiger partial charge is 0.381 e. The number of carbonyl (C=O) groups excluding carboxylic acids is 1. The first-order valence-electron chi connectivity index (χ1n) is 6.35. The van der Waals surface area contributed by atoms with Gasteiger partial charge in [0.2, 0.25) is 0 Å². The number of carbonyl (C=O) groups is 1. The number of rotatable bonds is 3. The van der Waals surface area contributed by atoms with E-state index in [0.717, 1.165) is 37.1 Å². The second-order valence-corrected chi connectivity index (χ2v) is 6.25. The van der Waals surface area contributed by atoms with Gasteiger partial charge in [0.05, 0.1) is 0 Å². The van der Waals surface area contributed by atoms with Gasteiger partial charge in [0, 0.05) is 41.9 Å². The Morgan fingerprint density at radius 1 is 1.42 bits per heavy atom. The summed E-state index contributed by atoms with van der Waals surface area (Å²) in [5, 5.41) is 0.567. The Morgan fingerprint density at radius 2 is 2.11 bits per heavy atom. The molecule has 0 saturated carbocycles. The molecule has 0 aromatic heterocycles. The number of nitrogens with zero attached hydrogens (tertiary/aromatic N) is 1. The number of hydrogen-bond donors (Lipinski definition) is 0. The van der Waals surface area contributed by atoms with E-state index in [1.807, 2.05) is 7.05 Å². The van der Waals surface area contributed by atoms with E-state index < -0.39 is 0 Å². The highest BCUT2D eigenvalue weighted by Crippen LogP contribution is 2.21. The van der Waals surface area contributed by atoms with E-state index in [4.69, 9.17) is 16.3 Å². The van der Waals surface area contributed by atoms with Crippen molar-refractivity contribution in [2.24, 2.45) is 5.92 Å². The molecule has 0 bridgehead atoms. The third-order valence-corrected chi connectivity index (χ3v) is 4.01. The van der Waals surface area contributed by atoms with Gasteiger partial charge in [-0.3, -0.25) is 4.79 Å². The third kappa shape index (κ3) is 4.20. The second-order valence-electron chi connectivity index (χ2n) is 4.90. The number of amides is 1. The average molecular weight is 347 g/mol. The van der Waals surface area contributed by atoms with E-state index >= 15 is 0 Å². The van der Waals surface area contributed by atoms with Crippen LogP contribution in [0.3, 0.4) is 0 Å². The summed E-state index contributed by atoms with van der Waals surface area (Å²) in [4.78, 5) is 14.1. The van der Waals surface area contributed by atoms with Crippen LogP contribution < -0.4 is 0 Å². The lowest BCUT2D eigenvalue weighted by atomic mass is 9.99. The maximum atomic E-state index is 12.3. The SMILES string of the molecule is CN(CC1CCOCC1)C(=O)c1cc(Cl)cc(Br)c1. The number of hydrogen-bond acceptors (Lipinski definition) is 2. The van der Waals surface area contributed by atoms with Crippen LogP contribution in [0.2, 0.25) is 5.02 Å². The van der Waals surface area contributed by atoms with Gasteiger partial charge in [-0.05, 0) is 37.0 Å². The first kappa shape index (κ1) is 14.8. The van der Waals surface area contributed by atoms with E-state index in [1.165, 1.54) is 0 Å². The quantitative estimate of drug-likeness (QED) is 0.837. The number of benzene rings is 1. The molecule has 1 saturated heterocycles. The van der Waals surface area contributed by atoms with Gasteiger partial charge >= 0.3 is 0 Å². The molecule has 0 aliphatic carbocycles. The molecule has 0 atom stereocenters. The van der Waals surface area contributed by atoms with Crippen LogP contribution >= 0.6 is 27.5 Å². The van der Waals surface area contributed by atoms with Gasteiger partial charge < -0.3 is 9.64 Å². The summed E-state index contributed by atoms with van der Waals surface area (Å²) in [6.45, 7) is 2.37. The van der Waals surface area contributed by atoms with Crippen molar-refractivity contribution in [3.05, 3.63) is 33.3 Å². The molecular formula is C14H17BrClNO2. The minimum atomic E-state index is 0.00897. The minimum absolute atomic E-state index is 0.00897. The monoisotopic (exact) mass is 345 g/mol. The van der Waals surface area contributed by atoms with Gasteiger partial charge in [0.25, 0.3) is 5.91 Å². The van der Waals surface area contributed by atoms with Crippen LogP contribution in [0.15, 0.2) is 22.7 Å². The molecule has 1 amide bonds. The zero-order valence-corrected chi connectivity index (χ0v) is 13.2. The molecule has 1 aromatic rings. The maximum Gasteiger partial charge on any atom is 0.253 e. The standard InChI is InChI=1S/C14H17BrClNO2/c1-17(9-10-2-4-19-5-3-10)14(18)11-6-12(15)8-13(16)7-11/h6-8,10H,2-5,9H2,1H3. The zero-order valence-electron chi connectivity index (χ0n) is 10.9. The molecule has 5 heteroatoms. The van der Waals surface area contributed by atoms with E-state index in [9.17, 15) is 4.79 Å². The summed E-state index contributed by atoms with van der Waals surface area (Å²) >= 11 is 9.33. The lowest BCUT2D eigenvalue weighted by molar-refractivity contribution is 0.0497. The van der Waals surface area contributed by atoms with Crippen LogP contribution in [0.1, 0.15) is 23.2 Å². The first-order valence-corrected chi connectivity index (χ1v) is 7.52. The predicted octanol–water partition coefficient (Wildman–Crippen LogP) is 3.60. The summed E-state index contributed by atoms with van der Waals surface area (Å²) < 4.78 is 6.15. The van der Waals surface area contributed by atoms with Gasteiger partial charge in [-0.15, -0.1) is 0 Å². The van der Waals surface area contributed by atoms with Crippen molar-refractivity contribution >= 4 is 33.4 Å². The smallest absolute Gasteiger partial charge is 0.253 e. The average Bonchev–Trinajstić information content (AvgIpc) is 2.37. The van der Waals surface area contributed by atoms with Crippen LogP contribution in [0.25, 0.3) is 0 Å². The lowest BCUT2D eigenvalue weighted by Gasteiger charge is -2.27. The molecule has 1 aromatic carbocycles. The van der Waals surface area contributed by atoms with Gasteiger partial charge in [-0.2, -0.15) is 0 Å². The van der Waals surface area contributed by atoms with E-state index in [2.05, 4.69) is 15.9 Å². The minimum Gasteiger partial charge on any atom is -0.381 e. The normalized spacial score (nSPS) is 16.4. The van der Waals surface area contributed by atoms with Gasteiger partial charge in [-0.25, -0.2) is 0 Å². The van der Waals surface area contributed by atoms with Crippen LogP contribution in [0.5, 0.6) is 0 Å². The van der Waals surface area contributed by atoms with E-state index in [1.54, 1.807) is 23.1 Å². The molecule has 0 N–H and O–H groups in total. The van der Waals surface area contributed by atoms with Gasteiger partial charge in [-0.1, -0.05) is 27.5 Å². The van der Waals surface area contributed by atoms with Crippen molar-refractivity contribution in [2.75, 3.05) is 26.8 Å². The van der Waals surface area contributed by atoms with Crippen LogP contribution in [0.4, 0.5) is 0 Å². The van der Waals surface area contributed by atoms with E-state index in [-0.39, 0.29) is 5.91 Å². The summed E-state index contributed by atoms with van der Waals surface area (Å²) in [5.74, 6) is 0.542. The Hall–Kier alpha value is -0.580. The van der Waals surface area contributed by atoms with Crippen molar-refractivity contribution in [1.29, 1.82) is 0 Å². The molecule has 104 valence electrons. The fourth-order valence-electron chi connectivity index (χ4n) is 2.30. The van der Waals surface area contributed by atoms with E-state index in [0.29, 0.717) is 16.5 Å². The highest BCUT2D eigenvalue weighted by atomic mass is 79.9. The Morgan fingerprint density at radius 3 is 2.74 bits per heavy atom.